The van der Waals surface area contributed by atoms with Crippen molar-refractivity contribution in [1.29, 1.82) is 0 Å². The molecule has 0 fully saturated rings. The van der Waals surface area contributed by atoms with Crippen molar-refractivity contribution >= 4 is 18.3 Å². The summed E-state index contributed by atoms with van der Waals surface area (Å²) in [7, 11) is 0. The summed E-state index contributed by atoms with van der Waals surface area (Å²) in [6.45, 7) is 6.68. The molecule has 0 bridgehead atoms. The van der Waals surface area contributed by atoms with Crippen molar-refractivity contribution in [2.75, 3.05) is 19.6 Å². The molecule has 0 saturated carbocycles. The number of hydrogen-bond donors (Lipinski definition) is 2. The number of aromatic nitrogens is 1. The lowest BCUT2D eigenvalue weighted by Gasteiger charge is -2.13. The number of carbonyl (C=O) groups is 1. The zero-order chi connectivity index (χ0) is 14.4. The van der Waals surface area contributed by atoms with Crippen molar-refractivity contribution < 1.29 is 9.32 Å². The van der Waals surface area contributed by atoms with Crippen LogP contribution in [0.1, 0.15) is 55.3 Å². The second kappa shape index (κ2) is 8.85. The molecule has 1 aromatic heterocycles. The van der Waals surface area contributed by atoms with E-state index < -0.39 is 0 Å². The van der Waals surface area contributed by atoms with E-state index in [1.54, 1.807) is 6.07 Å². The van der Waals surface area contributed by atoms with Crippen LogP contribution in [0.25, 0.3) is 0 Å². The Bertz CT molecular complexity index is 481. The van der Waals surface area contributed by atoms with Crippen LogP contribution in [0.2, 0.25) is 0 Å². The zero-order valence-corrected chi connectivity index (χ0v) is 13.5. The van der Waals surface area contributed by atoms with E-state index in [0.717, 1.165) is 38.0 Å². The Labute approximate surface area is 131 Å². The van der Waals surface area contributed by atoms with Crippen LogP contribution in [-0.2, 0) is 0 Å². The molecule has 1 aliphatic heterocycles. The summed E-state index contributed by atoms with van der Waals surface area (Å²) < 4.78 is 5.16. The van der Waals surface area contributed by atoms with Crippen LogP contribution >= 0.6 is 12.4 Å². The van der Waals surface area contributed by atoms with E-state index >= 15 is 0 Å². The smallest absolute Gasteiger partial charge is 0.290 e. The van der Waals surface area contributed by atoms with Crippen LogP contribution in [0.15, 0.2) is 22.2 Å². The summed E-state index contributed by atoms with van der Waals surface area (Å²) in [5.74, 6) is 0.489. The fraction of sp³-hybridized carbons (Fsp3) is 0.600. The quantitative estimate of drug-likeness (QED) is 0.792. The maximum atomic E-state index is 12.0. The molecule has 0 aromatic carbocycles. The third-order valence-electron chi connectivity index (χ3n) is 3.79. The van der Waals surface area contributed by atoms with Crippen LogP contribution in [0.4, 0.5) is 0 Å². The molecule has 0 radical (unpaired) electrons. The average molecular weight is 314 g/mol. The van der Waals surface area contributed by atoms with Gasteiger partial charge in [0.2, 0.25) is 5.76 Å². The lowest BCUT2D eigenvalue weighted by atomic mass is 9.99. The number of carbonyl (C=O) groups excluding carboxylic acids is 1. The highest BCUT2D eigenvalue weighted by atomic mass is 35.5. The van der Waals surface area contributed by atoms with E-state index in [-0.39, 0.29) is 18.3 Å². The standard InChI is InChI=1S/C15H23N3O2.ClH/c1-3-12(4-2)13-9-14(20-18-13)15(19)17-10-11-5-7-16-8-6-11;/h5,9,12,16H,3-4,6-8,10H2,1-2H3,(H,17,19);1H. The Morgan fingerprint density at radius 3 is 2.86 bits per heavy atom. The highest BCUT2D eigenvalue weighted by Gasteiger charge is 2.17. The molecule has 2 heterocycles. The number of hydrogen-bond acceptors (Lipinski definition) is 4. The van der Waals surface area contributed by atoms with Gasteiger partial charge >= 0.3 is 0 Å². The maximum absolute atomic E-state index is 12.0. The van der Waals surface area contributed by atoms with Gasteiger partial charge in [-0.25, -0.2) is 0 Å². The largest absolute Gasteiger partial charge is 0.351 e. The van der Waals surface area contributed by atoms with E-state index in [9.17, 15) is 4.79 Å². The van der Waals surface area contributed by atoms with E-state index in [2.05, 4.69) is 35.7 Å². The molecule has 21 heavy (non-hydrogen) atoms. The molecular weight excluding hydrogens is 290 g/mol. The van der Waals surface area contributed by atoms with Gasteiger partial charge in [0, 0.05) is 25.1 Å². The summed E-state index contributed by atoms with van der Waals surface area (Å²) >= 11 is 0. The van der Waals surface area contributed by atoms with Gasteiger partial charge in [-0.2, -0.15) is 0 Å². The number of halogens is 1. The molecule has 1 amide bonds. The SMILES string of the molecule is CCC(CC)c1cc(C(=O)NCC2=CCNCC2)on1.Cl. The molecule has 6 heteroatoms. The summed E-state index contributed by atoms with van der Waals surface area (Å²) in [6, 6.07) is 1.77. The van der Waals surface area contributed by atoms with Gasteiger partial charge in [-0.1, -0.05) is 30.7 Å². The highest BCUT2D eigenvalue weighted by molar-refractivity contribution is 5.91. The van der Waals surface area contributed by atoms with E-state index in [1.165, 1.54) is 5.57 Å². The van der Waals surface area contributed by atoms with Gasteiger partial charge in [0.15, 0.2) is 0 Å². The first-order valence-electron chi connectivity index (χ1n) is 7.38. The van der Waals surface area contributed by atoms with E-state index in [0.29, 0.717) is 18.2 Å². The molecule has 1 aromatic rings. The normalized spacial score (nSPS) is 14.5. The molecular formula is C15H24ClN3O2. The molecule has 0 saturated heterocycles. The number of nitrogens with one attached hydrogen (secondary N) is 2. The summed E-state index contributed by atoms with van der Waals surface area (Å²) in [5.41, 5.74) is 2.14. The molecule has 0 atom stereocenters. The van der Waals surface area contributed by atoms with Crippen molar-refractivity contribution in [2.24, 2.45) is 0 Å². The predicted octanol–water partition coefficient (Wildman–Crippen LogP) is 2.65. The van der Waals surface area contributed by atoms with Crippen LogP contribution in [0, 0.1) is 0 Å². The lowest BCUT2D eigenvalue weighted by Crippen LogP contribution is -2.29. The Hall–Kier alpha value is -1.33. The number of nitrogens with zero attached hydrogens (tertiary/aromatic N) is 1. The molecule has 0 spiro atoms. The highest BCUT2D eigenvalue weighted by Crippen LogP contribution is 2.22. The molecule has 5 nitrogen and oxygen atoms in total. The van der Waals surface area contributed by atoms with Crippen molar-refractivity contribution in [3.63, 3.8) is 0 Å². The first-order chi connectivity index (χ1) is 9.74. The fourth-order valence-electron chi connectivity index (χ4n) is 2.41. The topological polar surface area (TPSA) is 67.2 Å². The van der Waals surface area contributed by atoms with Gasteiger partial charge in [0.1, 0.15) is 0 Å². The monoisotopic (exact) mass is 313 g/mol. The summed E-state index contributed by atoms with van der Waals surface area (Å²) in [6.07, 6.45) is 5.11. The minimum atomic E-state index is -0.186. The van der Waals surface area contributed by atoms with Crippen molar-refractivity contribution in [3.8, 4) is 0 Å². The Morgan fingerprint density at radius 1 is 1.48 bits per heavy atom. The van der Waals surface area contributed by atoms with Crippen LogP contribution in [0.5, 0.6) is 0 Å². The first kappa shape index (κ1) is 17.7. The predicted molar refractivity (Wildman–Crippen MR) is 85.0 cm³/mol. The lowest BCUT2D eigenvalue weighted by molar-refractivity contribution is 0.0919. The second-order valence-electron chi connectivity index (χ2n) is 5.13. The van der Waals surface area contributed by atoms with Crippen molar-refractivity contribution in [2.45, 2.75) is 39.0 Å². The van der Waals surface area contributed by atoms with Crippen LogP contribution in [0.3, 0.4) is 0 Å². The van der Waals surface area contributed by atoms with Crippen LogP contribution < -0.4 is 10.6 Å². The van der Waals surface area contributed by atoms with Gasteiger partial charge in [0.05, 0.1) is 5.69 Å². The van der Waals surface area contributed by atoms with E-state index in [1.807, 2.05) is 0 Å². The van der Waals surface area contributed by atoms with Gasteiger partial charge < -0.3 is 15.2 Å². The van der Waals surface area contributed by atoms with Crippen molar-refractivity contribution in [1.82, 2.24) is 15.8 Å². The molecule has 0 unspecified atom stereocenters. The van der Waals surface area contributed by atoms with Gasteiger partial charge in [-0.15, -0.1) is 12.4 Å². The molecule has 0 aliphatic carbocycles. The summed E-state index contributed by atoms with van der Waals surface area (Å²) in [5, 5.41) is 10.1. The molecule has 1 aliphatic rings. The second-order valence-corrected chi connectivity index (χ2v) is 5.13. The third kappa shape index (κ3) is 4.86. The molecule has 2 N–H and O–H groups in total. The molecule has 2 rings (SSSR count). The Kier molecular flexibility index (Phi) is 7.47. The third-order valence-corrected chi connectivity index (χ3v) is 3.79. The van der Waals surface area contributed by atoms with Gasteiger partial charge in [-0.05, 0) is 25.8 Å². The molecule has 118 valence electrons. The summed E-state index contributed by atoms with van der Waals surface area (Å²) in [4.78, 5) is 12.0. The number of amides is 1. The first-order valence-corrected chi connectivity index (χ1v) is 7.38. The average Bonchev–Trinajstić information content (AvgIpc) is 2.97. The zero-order valence-electron chi connectivity index (χ0n) is 12.6. The van der Waals surface area contributed by atoms with Crippen molar-refractivity contribution in [3.05, 3.63) is 29.2 Å². The van der Waals surface area contributed by atoms with Gasteiger partial charge in [0.25, 0.3) is 5.91 Å². The minimum absolute atomic E-state index is 0. The minimum Gasteiger partial charge on any atom is -0.351 e. The van der Waals surface area contributed by atoms with Gasteiger partial charge in [-0.3, -0.25) is 4.79 Å². The Morgan fingerprint density at radius 2 is 2.24 bits per heavy atom. The van der Waals surface area contributed by atoms with E-state index in [4.69, 9.17) is 4.52 Å². The number of rotatable bonds is 6. The maximum Gasteiger partial charge on any atom is 0.290 e. The Balaban J connectivity index is 0.00000220. The fourth-order valence-corrected chi connectivity index (χ4v) is 2.41. The van der Waals surface area contributed by atoms with Crippen LogP contribution in [-0.4, -0.2) is 30.7 Å².